The van der Waals surface area contributed by atoms with Crippen molar-refractivity contribution in [3.63, 3.8) is 0 Å². The zero-order valence-corrected chi connectivity index (χ0v) is 14.5. The first-order chi connectivity index (χ1) is 10.5. The van der Waals surface area contributed by atoms with Gasteiger partial charge in [0.25, 0.3) is 0 Å². The van der Waals surface area contributed by atoms with Crippen molar-refractivity contribution in [2.75, 3.05) is 0 Å². The fourth-order valence-corrected chi connectivity index (χ4v) is 3.08. The highest BCUT2D eigenvalue weighted by Gasteiger charge is 2.34. The Bertz CT molecular complexity index is 476. The fraction of sp³-hybridized carbons (Fsp3) is 0.600. The smallest absolute Gasteiger partial charge is 0.181 e. The van der Waals surface area contributed by atoms with Crippen molar-refractivity contribution in [2.45, 2.75) is 77.8 Å². The van der Waals surface area contributed by atoms with Crippen molar-refractivity contribution in [3.05, 3.63) is 41.5 Å². The largest absolute Gasteiger partial charge is 0.346 e. The summed E-state index contributed by atoms with van der Waals surface area (Å²) in [6.45, 7) is 8.69. The van der Waals surface area contributed by atoms with Gasteiger partial charge < -0.3 is 9.47 Å². The van der Waals surface area contributed by atoms with Crippen LogP contribution in [0.25, 0.3) is 6.08 Å². The van der Waals surface area contributed by atoms with Crippen molar-refractivity contribution in [2.24, 2.45) is 0 Å². The van der Waals surface area contributed by atoms with Crippen LogP contribution in [0, 0.1) is 0 Å². The van der Waals surface area contributed by atoms with Crippen LogP contribution in [-0.4, -0.2) is 18.0 Å². The summed E-state index contributed by atoms with van der Waals surface area (Å²) in [4.78, 5) is 0. The van der Waals surface area contributed by atoms with E-state index in [-0.39, 0.29) is 18.0 Å². The van der Waals surface area contributed by atoms with Crippen LogP contribution in [0.15, 0.2) is 35.9 Å². The second-order valence-corrected chi connectivity index (χ2v) is 6.95. The predicted molar refractivity (Wildman–Crippen MR) is 92.7 cm³/mol. The molecule has 0 amide bonds. The van der Waals surface area contributed by atoms with Gasteiger partial charge >= 0.3 is 0 Å². The molecule has 22 heavy (non-hydrogen) atoms. The topological polar surface area (TPSA) is 18.5 Å². The molecule has 0 aliphatic carbocycles. The highest BCUT2D eigenvalue weighted by molar-refractivity contribution is 5.53. The minimum absolute atomic E-state index is 0.122. The zero-order chi connectivity index (χ0) is 16.0. The lowest BCUT2D eigenvalue weighted by Crippen LogP contribution is -2.43. The molecule has 0 aromatic heterocycles. The van der Waals surface area contributed by atoms with Gasteiger partial charge in [0.1, 0.15) is 0 Å². The van der Waals surface area contributed by atoms with Gasteiger partial charge in [0.15, 0.2) is 6.29 Å². The Kier molecular flexibility index (Phi) is 6.22. The van der Waals surface area contributed by atoms with Crippen LogP contribution in [0.1, 0.15) is 65.4 Å². The van der Waals surface area contributed by atoms with Gasteiger partial charge in [-0.2, -0.15) is 0 Å². The standard InChI is InChI=1S/C20H30O2/c1-5-6-8-13-18(14-17-11-9-7-10-12-17)19-21-16(2)15-20(3,4)22-19/h7,9-12,14,16,19H,5-6,8,13,15H2,1-4H3/b18-14-/t16-,19-/m1/s1. The van der Waals surface area contributed by atoms with Gasteiger partial charge in [0, 0.05) is 6.42 Å². The molecule has 2 rings (SSSR count). The van der Waals surface area contributed by atoms with Crippen LogP contribution < -0.4 is 0 Å². The van der Waals surface area contributed by atoms with E-state index in [0.717, 1.165) is 12.8 Å². The van der Waals surface area contributed by atoms with Crippen molar-refractivity contribution < 1.29 is 9.47 Å². The molecule has 0 N–H and O–H groups in total. The van der Waals surface area contributed by atoms with E-state index in [9.17, 15) is 0 Å². The van der Waals surface area contributed by atoms with E-state index >= 15 is 0 Å². The van der Waals surface area contributed by atoms with E-state index in [1.54, 1.807) is 0 Å². The lowest BCUT2D eigenvalue weighted by Gasteiger charge is -2.40. The second kappa shape index (κ2) is 7.94. The first kappa shape index (κ1) is 17.2. The van der Waals surface area contributed by atoms with Gasteiger partial charge in [-0.3, -0.25) is 0 Å². The molecule has 0 unspecified atom stereocenters. The number of benzene rings is 1. The van der Waals surface area contributed by atoms with Gasteiger partial charge in [-0.25, -0.2) is 0 Å². The van der Waals surface area contributed by atoms with E-state index in [1.165, 1.54) is 30.4 Å². The molecule has 2 atom stereocenters. The zero-order valence-electron chi connectivity index (χ0n) is 14.5. The average molecular weight is 302 g/mol. The minimum atomic E-state index is -0.212. The Hall–Kier alpha value is -1.12. The molecule has 0 bridgehead atoms. The second-order valence-electron chi connectivity index (χ2n) is 6.95. The maximum absolute atomic E-state index is 6.22. The van der Waals surface area contributed by atoms with Crippen molar-refractivity contribution in [3.8, 4) is 0 Å². The van der Waals surface area contributed by atoms with E-state index in [2.05, 4.69) is 58.0 Å². The highest BCUT2D eigenvalue weighted by atomic mass is 16.7. The molecule has 0 radical (unpaired) electrons. The monoisotopic (exact) mass is 302 g/mol. The summed E-state index contributed by atoms with van der Waals surface area (Å²) in [5.41, 5.74) is 2.36. The van der Waals surface area contributed by atoms with Gasteiger partial charge in [0.2, 0.25) is 0 Å². The highest BCUT2D eigenvalue weighted by Crippen LogP contribution is 2.32. The summed E-state index contributed by atoms with van der Waals surface area (Å²) in [6.07, 6.45) is 7.91. The number of hydrogen-bond acceptors (Lipinski definition) is 2. The van der Waals surface area contributed by atoms with Crippen LogP contribution in [0.4, 0.5) is 0 Å². The molecular weight excluding hydrogens is 272 g/mol. The number of ether oxygens (including phenoxy) is 2. The normalized spacial score (nSPS) is 25.2. The first-order valence-electron chi connectivity index (χ1n) is 8.59. The number of rotatable bonds is 6. The van der Waals surface area contributed by atoms with Crippen LogP contribution in [0.5, 0.6) is 0 Å². The lowest BCUT2D eigenvalue weighted by molar-refractivity contribution is -0.252. The third-order valence-corrected chi connectivity index (χ3v) is 4.08. The molecule has 0 spiro atoms. The van der Waals surface area contributed by atoms with Crippen LogP contribution >= 0.6 is 0 Å². The Morgan fingerprint density at radius 2 is 1.95 bits per heavy atom. The van der Waals surface area contributed by atoms with Crippen LogP contribution in [-0.2, 0) is 9.47 Å². The molecule has 1 fully saturated rings. The van der Waals surface area contributed by atoms with Gasteiger partial charge in [-0.1, -0.05) is 56.2 Å². The molecule has 1 heterocycles. The molecule has 122 valence electrons. The molecule has 1 aliphatic heterocycles. The van der Waals surface area contributed by atoms with Gasteiger partial charge in [0.05, 0.1) is 11.7 Å². The molecule has 0 saturated carbocycles. The summed E-state index contributed by atoms with van der Waals surface area (Å²) >= 11 is 0. The molecular formula is C20H30O2. The maximum Gasteiger partial charge on any atom is 0.181 e. The Morgan fingerprint density at radius 1 is 1.23 bits per heavy atom. The van der Waals surface area contributed by atoms with Gasteiger partial charge in [-0.15, -0.1) is 0 Å². The summed E-state index contributed by atoms with van der Waals surface area (Å²) in [5, 5.41) is 0. The van der Waals surface area contributed by atoms with E-state index in [4.69, 9.17) is 9.47 Å². The van der Waals surface area contributed by atoms with Crippen molar-refractivity contribution in [1.82, 2.24) is 0 Å². The number of unbranched alkanes of at least 4 members (excludes halogenated alkanes) is 2. The van der Waals surface area contributed by atoms with Crippen LogP contribution in [0.2, 0.25) is 0 Å². The SMILES string of the molecule is CCCCC/C(=C/c1ccccc1)[C@@H]1O[C@H](C)CC(C)(C)O1. The maximum atomic E-state index is 6.22. The molecule has 1 aliphatic rings. The minimum Gasteiger partial charge on any atom is -0.346 e. The summed E-state index contributed by atoms with van der Waals surface area (Å²) < 4.78 is 12.3. The summed E-state index contributed by atoms with van der Waals surface area (Å²) in [6, 6.07) is 10.5. The van der Waals surface area contributed by atoms with Crippen molar-refractivity contribution >= 4 is 6.08 Å². The Balaban J connectivity index is 2.18. The van der Waals surface area contributed by atoms with Crippen LogP contribution in [0.3, 0.4) is 0 Å². The average Bonchev–Trinajstić information content (AvgIpc) is 2.45. The van der Waals surface area contributed by atoms with Gasteiger partial charge in [-0.05, 0) is 44.7 Å². The molecule has 1 saturated heterocycles. The molecule has 1 aromatic rings. The molecule has 2 heteroatoms. The summed E-state index contributed by atoms with van der Waals surface area (Å²) in [7, 11) is 0. The third kappa shape index (κ3) is 5.26. The van der Waals surface area contributed by atoms with E-state index in [1.807, 2.05) is 6.07 Å². The molecule has 2 nitrogen and oxygen atoms in total. The quantitative estimate of drug-likeness (QED) is 0.639. The Morgan fingerprint density at radius 3 is 2.59 bits per heavy atom. The molecule has 1 aromatic carbocycles. The number of hydrogen-bond donors (Lipinski definition) is 0. The first-order valence-corrected chi connectivity index (χ1v) is 8.59. The van der Waals surface area contributed by atoms with Crippen molar-refractivity contribution in [1.29, 1.82) is 0 Å². The van der Waals surface area contributed by atoms with E-state index in [0.29, 0.717) is 0 Å². The lowest BCUT2D eigenvalue weighted by atomic mass is 9.97. The Labute approximate surface area is 135 Å². The third-order valence-electron chi connectivity index (χ3n) is 4.08. The fourth-order valence-electron chi connectivity index (χ4n) is 3.08. The summed E-state index contributed by atoms with van der Waals surface area (Å²) in [5.74, 6) is 0. The predicted octanol–water partition coefficient (Wildman–Crippen LogP) is 5.58. The van der Waals surface area contributed by atoms with E-state index < -0.39 is 0 Å².